The normalized spacial score (nSPS) is 16.4. The maximum atomic E-state index is 12.5. The van der Waals surface area contributed by atoms with Crippen LogP contribution in [0.3, 0.4) is 0 Å². The molecule has 154 valence electrons. The standard InChI is InChI=1S/C21H18ClN3O4S/c1-14(26)25-20(21-3-2-12-29-21)13-19(23-25)15-4-8-17(9-5-15)24-30(27,28)18-10-6-16(22)7-11-18/h2-12,20,24H,13H2,1H3/t20-/m1/s1. The minimum absolute atomic E-state index is 0.120. The number of halogens is 1. The van der Waals surface area contributed by atoms with E-state index in [1.54, 1.807) is 36.6 Å². The highest BCUT2D eigenvalue weighted by molar-refractivity contribution is 7.92. The zero-order valence-corrected chi connectivity index (χ0v) is 17.5. The van der Waals surface area contributed by atoms with Gasteiger partial charge in [0.05, 0.1) is 16.9 Å². The number of amides is 1. The van der Waals surface area contributed by atoms with Gasteiger partial charge < -0.3 is 4.42 Å². The first kappa shape index (κ1) is 20.2. The van der Waals surface area contributed by atoms with Crippen LogP contribution in [0.5, 0.6) is 0 Å². The quantitative estimate of drug-likeness (QED) is 0.631. The summed E-state index contributed by atoms with van der Waals surface area (Å²) in [5, 5.41) is 6.31. The molecular formula is C21H18ClN3O4S. The molecule has 0 saturated heterocycles. The minimum Gasteiger partial charge on any atom is -0.467 e. The maximum Gasteiger partial charge on any atom is 0.261 e. The second kappa shape index (κ2) is 7.97. The fraction of sp³-hybridized carbons (Fsp3) is 0.143. The van der Waals surface area contributed by atoms with Crippen LogP contribution in [0.15, 0.2) is 81.3 Å². The molecule has 2 heterocycles. The smallest absolute Gasteiger partial charge is 0.261 e. The van der Waals surface area contributed by atoms with Gasteiger partial charge >= 0.3 is 0 Å². The van der Waals surface area contributed by atoms with Crippen molar-refractivity contribution < 1.29 is 17.6 Å². The molecule has 1 amide bonds. The van der Waals surface area contributed by atoms with Crippen molar-refractivity contribution in [1.82, 2.24) is 5.01 Å². The molecule has 1 aliphatic rings. The number of hydrogen-bond acceptors (Lipinski definition) is 5. The van der Waals surface area contributed by atoms with Gasteiger partial charge in [-0.2, -0.15) is 5.10 Å². The van der Waals surface area contributed by atoms with Crippen molar-refractivity contribution in [3.63, 3.8) is 0 Å². The van der Waals surface area contributed by atoms with Gasteiger partial charge in [0, 0.05) is 24.1 Å². The van der Waals surface area contributed by atoms with Gasteiger partial charge in [-0.25, -0.2) is 13.4 Å². The molecular weight excluding hydrogens is 426 g/mol. The number of nitrogens with zero attached hydrogens (tertiary/aromatic N) is 2. The van der Waals surface area contributed by atoms with Crippen molar-refractivity contribution in [2.45, 2.75) is 24.3 Å². The first-order valence-corrected chi connectivity index (χ1v) is 11.0. The lowest BCUT2D eigenvalue weighted by Gasteiger charge is -2.17. The second-order valence-corrected chi connectivity index (χ2v) is 8.90. The summed E-state index contributed by atoms with van der Waals surface area (Å²) in [6.45, 7) is 1.46. The monoisotopic (exact) mass is 443 g/mol. The highest BCUT2D eigenvalue weighted by atomic mass is 35.5. The zero-order valence-electron chi connectivity index (χ0n) is 15.9. The molecule has 1 N–H and O–H groups in total. The van der Waals surface area contributed by atoms with Gasteiger partial charge in [-0.1, -0.05) is 23.7 Å². The number of carbonyl (C=O) groups excluding carboxylic acids is 1. The van der Waals surface area contributed by atoms with E-state index in [4.69, 9.17) is 16.0 Å². The van der Waals surface area contributed by atoms with Crippen molar-refractivity contribution in [1.29, 1.82) is 0 Å². The van der Waals surface area contributed by atoms with Crippen LogP contribution >= 0.6 is 11.6 Å². The number of benzene rings is 2. The number of carbonyl (C=O) groups is 1. The molecule has 0 unspecified atom stereocenters. The van der Waals surface area contributed by atoms with E-state index in [2.05, 4.69) is 9.82 Å². The Bertz CT molecular complexity index is 1190. The first-order valence-electron chi connectivity index (χ1n) is 9.13. The van der Waals surface area contributed by atoms with Gasteiger partial charge in [-0.3, -0.25) is 9.52 Å². The fourth-order valence-corrected chi connectivity index (χ4v) is 4.42. The van der Waals surface area contributed by atoms with E-state index >= 15 is 0 Å². The van der Waals surface area contributed by atoms with E-state index in [9.17, 15) is 13.2 Å². The Balaban J connectivity index is 1.53. The van der Waals surface area contributed by atoms with Crippen molar-refractivity contribution in [3.8, 4) is 0 Å². The van der Waals surface area contributed by atoms with Crippen LogP contribution in [0.1, 0.15) is 30.7 Å². The molecule has 7 nitrogen and oxygen atoms in total. The molecule has 0 aliphatic carbocycles. The molecule has 1 aromatic heterocycles. The molecule has 0 spiro atoms. The van der Waals surface area contributed by atoms with Gasteiger partial charge in [0.2, 0.25) is 5.91 Å². The lowest BCUT2D eigenvalue weighted by molar-refractivity contribution is -0.130. The van der Waals surface area contributed by atoms with Crippen LogP contribution in [0.2, 0.25) is 5.02 Å². The van der Waals surface area contributed by atoms with E-state index in [1.807, 2.05) is 6.07 Å². The lowest BCUT2D eigenvalue weighted by atomic mass is 10.0. The number of hydrazone groups is 1. The maximum absolute atomic E-state index is 12.5. The van der Waals surface area contributed by atoms with Crippen LogP contribution in [0, 0.1) is 0 Å². The Hall–Kier alpha value is -3.10. The summed E-state index contributed by atoms with van der Waals surface area (Å²) in [6, 6.07) is 16.1. The molecule has 0 radical (unpaired) electrons. The third-order valence-corrected chi connectivity index (χ3v) is 6.35. The molecule has 9 heteroatoms. The second-order valence-electron chi connectivity index (χ2n) is 6.78. The Kier molecular flexibility index (Phi) is 5.36. The third kappa shape index (κ3) is 4.10. The van der Waals surface area contributed by atoms with Crippen LogP contribution in [-0.4, -0.2) is 25.0 Å². The minimum atomic E-state index is -3.72. The number of rotatable bonds is 5. The molecule has 30 heavy (non-hydrogen) atoms. The summed E-state index contributed by atoms with van der Waals surface area (Å²) >= 11 is 5.82. The fourth-order valence-electron chi connectivity index (χ4n) is 3.24. The van der Waals surface area contributed by atoms with Gasteiger partial charge in [0.25, 0.3) is 10.0 Å². The Morgan fingerprint density at radius 3 is 2.43 bits per heavy atom. The molecule has 2 aromatic carbocycles. The van der Waals surface area contributed by atoms with E-state index in [-0.39, 0.29) is 16.8 Å². The SMILES string of the molecule is CC(=O)N1N=C(c2ccc(NS(=O)(=O)c3ccc(Cl)cc3)cc2)C[C@@H]1c1ccco1. The topological polar surface area (TPSA) is 92.0 Å². The lowest BCUT2D eigenvalue weighted by Crippen LogP contribution is -2.23. The first-order chi connectivity index (χ1) is 14.3. The van der Waals surface area contributed by atoms with Crippen molar-refractivity contribution in [2.75, 3.05) is 4.72 Å². The van der Waals surface area contributed by atoms with Crippen LogP contribution in [0.4, 0.5) is 5.69 Å². The molecule has 0 bridgehead atoms. The van der Waals surface area contributed by atoms with Gasteiger partial charge in [0.1, 0.15) is 11.8 Å². The van der Waals surface area contributed by atoms with E-state index in [0.717, 1.165) is 11.3 Å². The molecule has 3 aromatic rings. The van der Waals surface area contributed by atoms with Gasteiger partial charge in [-0.15, -0.1) is 0 Å². The molecule has 0 fully saturated rings. The zero-order chi connectivity index (χ0) is 21.3. The van der Waals surface area contributed by atoms with Crippen LogP contribution in [-0.2, 0) is 14.8 Å². The van der Waals surface area contributed by atoms with Crippen LogP contribution < -0.4 is 4.72 Å². The number of nitrogens with one attached hydrogen (secondary N) is 1. The summed E-state index contributed by atoms with van der Waals surface area (Å²) < 4.78 is 33.0. The van der Waals surface area contributed by atoms with E-state index in [0.29, 0.717) is 22.9 Å². The predicted octanol–water partition coefficient (Wildman–Crippen LogP) is 4.43. The van der Waals surface area contributed by atoms with Crippen LogP contribution in [0.25, 0.3) is 0 Å². The van der Waals surface area contributed by atoms with Crippen molar-refractivity contribution in [3.05, 3.63) is 83.3 Å². The van der Waals surface area contributed by atoms with Crippen molar-refractivity contribution >= 4 is 38.9 Å². The molecule has 1 aliphatic heterocycles. The third-order valence-electron chi connectivity index (χ3n) is 4.70. The molecule has 0 saturated carbocycles. The van der Waals surface area contributed by atoms with E-state index < -0.39 is 10.0 Å². The Morgan fingerprint density at radius 1 is 1.13 bits per heavy atom. The predicted molar refractivity (Wildman–Crippen MR) is 114 cm³/mol. The highest BCUT2D eigenvalue weighted by Gasteiger charge is 2.33. The van der Waals surface area contributed by atoms with E-state index in [1.165, 1.54) is 36.2 Å². The summed E-state index contributed by atoms with van der Waals surface area (Å²) in [5.74, 6) is 0.482. The number of furan rings is 1. The average Bonchev–Trinajstić information content (AvgIpc) is 3.38. The average molecular weight is 444 g/mol. The number of sulfonamides is 1. The Morgan fingerprint density at radius 2 is 1.83 bits per heavy atom. The summed E-state index contributed by atoms with van der Waals surface area (Å²) in [7, 11) is -3.72. The molecule has 4 rings (SSSR count). The summed E-state index contributed by atoms with van der Waals surface area (Å²) in [6.07, 6.45) is 2.07. The summed E-state index contributed by atoms with van der Waals surface area (Å²) in [5.41, 5.74) is 1.93. The highest BCUT2D eigenvalue weighted by Crippen LogP contribution is 2.33. The number of hydrogen-bond donors (Lipinski definition) is 1. The molecule has 1 atom stereocenters. The van der Waals surface area contributed by atoms with Gasteiger partial charge in [0.15, 0.2) is 0 Å². The Labute approximate surface area is 179 Å². The van der Waals surface area contributed by atoms with Gasteiger partial charge in [-0.05, 0) is 54.1 Å². The summed E-state index contributed by atoms with van der Waals surface area (Å²) in [4.78, 5) is 12.1. The van der Waals surface area contributed by atoms with Crippen molar-refractivity contribution in [2.24, 2.45) is 5.10 Å². The largest absolute Gasteiger partial charge is 0.467 e. The number of anilines is 1.